The first-order chi connectivity index (χ1) is 20.9. The van der Waals surface area contributed by atoms with E-state index < -0.39 is 12.0 Å². The molecule has 8 rings (SSSR count). The van der Waals surface area contributed by atoms with Crippen LogP contribution in [-0.4, -0.2) is 81.5 Å². The lowest BCUT2D eigenvalue weighted by molar-refractivity contribution is 0.107. The van der Waals surface area contributed by atoms with Crippen molar-refractivity contribution in [1.82, 2.24) is 25.2 Å². The van der Waals surface area contributed by atoms with Crippen molar-refractivity contribution < 1.29 is 23.4 Å². The number of phenols is 1. The Balaban J connectivity index is 1.18. The minimum atomic E-state index is -0.844. The number of aromatic hydroxyl groups is 1. The summed E-state index contributed by atoms with van der Waals surface area (Å²) in [5.41, 5.74) is 0.560. The first-order valence-corrected chi connectivity index (χ1v) is 15.7. The molecule has 4 aliphatic rings. The van der Waals surface area contributed by atoms with Crippen LogP contribution in [0, 0.1) is 5.82 Å². The molecule has 6 heterocycles. The van der Waals surface area contributed by atoms with Crippen LogP contribution in [0.15, 0.2) is 30.8 Å². The highest BCUT2D eigenvalue weighted by Crippen LogP contribution is 2.43. The van der Waals surface area contributed by atoms with Crippen molar-refractivity contribution in [3.05, 3.63) is 42.2 Å². The van der Waals surface area contributed by atoms with Gasteiger partial charge in [0.2, 0.25) is 0 Å². The molecule has 224 valence electrons. The largest absolute Gasteiger partial charge is 0.508 e. The molecular formula is C31H32F2N6O3S. The number of alkyl halides is 1. The standard InChI is InChI=1S/C31H32F2N6O3S/c1-2-22-23(33)7-4-17-10-21(40)11-24(25(17)22)42-30-35-26-27(38-14-19-5-6-20(15-38)34-19)36-29(37-28(26)43-30)41-16-31-8-3-9-39(31)13-18(32)12-31/h2,4,7,10-11,18-20,34,40H,1,3,5-6,8-9,12-16H2/t18?,19-,20?,31+/m1/s1. The van der Waals surface area contributed by atoms with E-state index in [0.29, 0.717) is 58.6 Å². The number of ether oxygens (including phenoxy) is 2. The van der Waals surface area contributed by atoms with Gasteiger partial charge in [-0.2, -0.15) is 15.0 Å². The van der Waals surface area contributed by atoms with E-state index in [9.17, 15) is 13.9 Å². The summed E-state index contributed by atoms with van der Waals surface area (Å²) in [4.78, 5) is 19.4. The maximum Gasteiger partial charge on any atom is 0.319 e. The summed E-state index contributed by atoms with van der Waals surface area (Å²) < 4.78 is 41.6. The maximum absolute atomic E-state index is 14.7. The van der Waals surface area contributed by atoms with E-state index >= 15 is 0 Å². The highest BCUT2D eigenvalue weighted by atomic mass is 32.1. The molecule has 4 atom stereocenters. The molecule has 2 bridgehead atoms. The zero-order valence-electron chi connectivity index (χ0n) is 23.6. The van der Waals surface area contributed by atoms with Gasteiger partial charge in [0, 0.05) is 55.2 Å². The van der Waals surface area contributed by atoms with Gasteiger partial charge in [0.15, 0.2) is 10.6 Å². The lowest BCUT2D eigenvalue weighted by Crippen LogP contribution is -2.51. The molecule has 9 nitrogen and oxygen atoms in total. The molecule has 2 aromatic heterocycles. The number of thiazole rings is 1. The number of piperazine rings is 1. The van der Waals surface area contributed by atoms with Crippen LogP contribution in [0.25, 0.3) is 27.2 Å². The van der Waals surface area contributed by atoms with Gasteiger partial charge in [-0.25, -0.2) is 8.78 Å². The molecule has 4 fully saturated rings. The molecule has 4 saturated heterocycles. The third-order valence-corrected chi connectivity index (χ3v) is 10.2. The number of nitrogens with zero attached hydrogens (tertiary/aromatic N) is 5. The predicted octanol–water partition coefficient (Wildman–Crippen LogP) is 5.42. The van der Waals surface area contributed by atoms with Crippen LogP contribution in [0.5, 0.6) is 22.7 Å². The number of fused-ring (bicyclic) bond motifs is 5. The first-order valence-electron chi connectivity index (χ1n) is 14.8. The van der Waals surface area contributed by atoms with Crippen LogP contribution in [-0.2, 0) is 0 Å². The van der Waals surface area contributed by atoms with Gasteiger partial charge in [0.1, 0.15) is 35.6 Å². The number of hydrogen-bond donors (Lipinski definition) is 2. The molecule has 4 aromatic rings. The highest BCUT2D eigenvalue weighted by Gasteiger charge is 2.49. The van der Waals surface area contributed by atoms with E-state index in [-0.39, 0.29) is 33.8 Å². The summed E-state index contributed by atoms with van der Waals surface area (Å²) in [6.45, 7) is 7.01. The first kappa shape index (κ1) is 27.0. The second kappa shape index (κ2) is 10.2. The molecule has 0 spiro atoms. The lowest BCUT2D eigenvalue weighted by Gasteiger charge is -2.34. The third kappa shape index (κ3) is 4.67. The van der Waals surface area contributed by atoms with Gasteiger partial charge in [-0.15, -0.1) is 0 Å². The van der Waals surface area contributed by atoms with Gasteiger partial charge < -0.3 is 24.8 Å². The van der Waals surface area contributed by atoms with Crippen molar-refractivity contribution in [3.63, 3.8) is 0 Å². The van der Waals surface area contributed by atoms with Crippen molar-refractivity contribution in [2.75, 3.05) is 37.7 Å². The molecule has 4 aliphatic heterocycles. The van der Waals surface area contributed by atoms with Crippen molar-refractivity contribution in [3.8, 4) is 22.7 Å². The van der Waals surface area contributed by atoms with Gasteiger partial charge in [-0.05, 0) is 49.7 Å². The quantitative estimate of drug-likeness (QED) is 0.286. The Labute approximate surface area is 251 Å². The van der Waals surface area contributed by atoms with Crippen LogP contribution in [0.4, 0.5) is 14.6 Å². The molecule has 12 heteroatoms. The molecule has 43 heavy (non-hydrogen) atoms. The van der Waals surface area contributed by atoms with Crippen LogP contribution < -0.4 is 19.7 Å². The number of hydrogen-bond acceptors (Lipinski definition) is 10. The van der Waals surface area contributed by atoms with Gasteiger partial charge >= 0.3 is 6.01 Å². The van der Waals surface area contributed by atoms with Crippen LogP contribution in [0.3, 0.4) is 0 Å². The van der Waals surface area contributed by atoms with Crippen molar-refractivity contribution in [2.24, 2.45) is 0 Å². The number of rotatable bonds is 7. The second-order valence-electron chi connectivity index (χ2n) is 12.2. The Morgan fingerprint density at radius 2 is 2.00 bits per heavy atom. The van der Waals surface area contributed by atoms with Crippen molar-refractivity contribution >= 4 is 44.4 Å². The molecule has 0 amide bonds. The number of aromatic nitrogens is 3. The normalized spacial score (nSPS) is 26.8. The summed E-state index contributed by atoms with van der Waals surface area (Å²) in [5, 5.41) is 15.4. The van der Waals surface area contributed by atoms with Crippen molar-refractivity contribution in [2.45, 2.75) is 55.9 Å². The number of anilines is 1. The summed E-state index contributed by atoms with van der Waals surface area (Å²) >= 11 is 1.23. The smallest absolute Gasteiger partial charge is 0.319 e. The zero-order chi connectivity index (χ0) is 29.3. The fourth-order valence-corrected chi connectivity index (χ4v) is 8.29. The van der Waals surface area contributed by atoms with E-state index in [1.54, 1.807) is 12.1 Å². The van der Waals surface area contributed by atoms with Crippen molar-refractivity contribution in [1.29, 1.82) is 0 Å². The third-order valence-electron chi connectivity index (χ3n) is 9.40. The Morgan fingerprint density at radius 1 is 1.16 bits per heavy atom. The van der Waals surface area contributed by atoms with Crippen LogP contribution in [0.2, 0.25) is 0 Å². The van der Waals surface area contributed by atoms with Gasteiger partial charge in [-0.1, -0.05) is 30.1 Å². The second-order valence-corrected chi connectivity index (χ2v) is 13.1. The number of phenolic OH excluding ortho intramolecular Hbond substituents is 1. The van der Waals surface area contributed by atoms with Gasteiger partial charge in [0.05, 0.1) is 5.54 Å². The Kier molecular flexibility index (Phi) is 6.43. The summed E-state index contributed by atoms with van der Waals surface area (Å²) in [5.74, 6) is 0.489. The Bertz CT molecular complexity index is 1740. The summed E-state index contributed by atoms with van der Waals surface area (Å²) in [6.07, 6.45) is 5.21. The maximum atomic E-state index is 14.7. The van der Waals surface area contributed by atoms with Crippen LogP contribution in [0.1, 0.15) is 37.7 Å². The lowest BCUT2D eigenvalue weighted by atomic mass is 9.95. The van der Waals surface area contributed by atoms with E-state index in [1.807, 2.05) is 0 Å². The van der Waals surface area contributed by atoms with E-state index in [4.69, 9.17) is 24.4 Å². The number of benzene rings is 2. The highest BCUT2D eigenvalue weighted by molar-refractivity contribution is 7.19. The molecule has 0 aliphatic carbocycles. The Hall–Kier alpha value is -3.61. The van der Waals surface area contributed by atoms with Gasteiger partial charge in [-0.3, -0.25) is 4.90 Å². The van der Waals surface area contributed by atoms with E-state index in [0.717, 1.165) is 45.3 Å². The molecule has 2 unspecified atom stereocenters. The molecule has 0 radical (unpaired) electrons. The Morgan fingerprint density at radius 3 is 2.81 bits per heavy atom. The average molecular weight is 607 g/mol. The molecule has 0 saturated carbocycles. The predicted molar refractivity (Wildman–Crippen MR) is 162 cm³/mol. The fourth-order valence-electron chi connectivity index (χ4n) is 7.50. The number of halogens is 2. The van der Waals surface area contributed by atoms with E-state index in [2.05, 4.69) is 21.7 Å². The topological polar surface area (TPSA) is 95.9 Å². The zero-order valence-corrected chi connectivity index (χ0v) is 24.4. The minimum absolute atomic E-state index is 0.0135. The monoisotopic (exact) mass is 606 g/mol. The van der Waals surface area contributed by atoms with E-state index in [1.165, 1.54) is 29.5 Å². The van der Waals surface area contributed by atoms with Gasteiger partial charge in [0.25, 0.3) is 5.19 Å². The average Bonchev–Trinajstić information content (AvgIpc) is 3.73. The summed E-state index contributed by atoms with van der Waals surface area (Å²) in [7, 11) is 0. The fraction of sp³-hybridized carbons (Fsp3) is 0.452. The molecule has 2 N–H and O–H groups in total. The SMILES string of the molecule is C=Cc1c(F)ccc2cc(O)cc(Oc3nc4c(N5CC6CC[C@H](C5)N6)nc(OC[C@@]56CCCN5CC(F)C6)nc4s3)c12. The number of nitrogens with one attached hydrogen (secondary N) is 1. The minimum Gasteiger partial charge on any atom is -0.508 e. The summed E-state index contributed by atoms with van der Waals surface area (Å²) in [6, 6.07) is 6.93. The van der Waals surface area contributed by atoms with Crippen LogP contribution >= 0.6 is 11.3 Å². The molecule has 2 aromatic carbocycles. The molecular weight excluding hydrogens is 574 g/mol.